The van der Waals surface area contributed by atoms with Gasteiger partial charge in [-0.05, 0) is 60.9 Å². The molecule has 1 aliphatic carbocycles. The minimum Gasteiger partial charge on any atom is -0.371 e. The fourth-order valence-corrected chi connectivity index (χ4v) is 4.63. The third-order valence-electron chi connectivity index (χ3n) is 6.41. The van der Waals surface area contributed by atoms with Crippen molar-refractivity contribution in [3.8, 4) is 0 Å². The zero-order valence-corrected chi connectivity index (χ0v) is 17.7. The fraction of sp³-hybridized carbons (Fsp3) is 0.417. The molecule has 1 saturated heterocycles. The molecule has 1 amide bonds. The first-order valence-corrected chi connectivity index (χ1v) is 10.5. The molecule has 5 heteroatoms. The van der Waals surface area contributed by atoms with E-state index in [1.54, 1.807) is 18.3 Å². The van der Waals surface area contributed by atoms with Gasteiger partial charge in [0.15, 0.2) is 0 Å². The molecule has 1 spiro atoms. The third-order valence-corrected chi connectivity index (χ3v) is 6.41. The van der Waals surface area contributed by atoms with E-state index in [2.05, 4.69) is 39.7 Å². The lowest BCUT2D eigenvalue weighted by Crippen LogP contribution is -2.41. The van der Waals surface area contributed by atoms with Crippen LogP contribution in [-0.4, -0.2) is 25.2 Å². The van der Waals surface area contributed by atoms with Crippen molar-refractivity contribution in [2.45, 2.75) is 44.9 Å². The number of hydrogen-bond acceptors (Lipinski definition) is 3. The summed E-state index contributed by atoms with van der Waals surface area (Å²) in [6.45, 7) is 2.33. The molecule has 4 rings (SSSR count). The maximum Gasteiger partial charge on any atom is 0.271 e. The van der Waals surface area contributed by atoms with Crippen LogP contribution in [0.25, 0.3) is 0 Å². The second-order valence-corrected chi connectivity index (χ2v) is 8.20. The predicted octanol–water partition coefficient (Wildman–Crippen LogP) is 5.42. The SMILES string of the molecule is Cl.O=C(N/N=C/c1ccc(N2CCC3(CCCCC3)CC2)cc1)c1ccccc1. The Balaban J connectivity index is 0.00000240. The van der Waals surface area contributed by atoms with Gasteiger partial charge >= 0.3 is 0 Å². The van der Waals surface area contributed by atoms with E-state index in [1.165, 1.54) is 63.7 Å². The van der Waals surface area contributed by atoms with Crippen molar-refractivity contribution in [2.24, 2.45) is 10.5 Å². The molecule has 2 aromatic rings. The molecule has 154 valence electrons. The van der Waals surface area contributed by atoms with E-state index in [9.17, 15) is 4.79 Å². The molecule has 2 fully saturated rings. The zero-order chi connectivity index (χ0) is 19.2. The monoisotopic (exact) mass is 411 g/mol. The van der Waals surface area contributed by atoms with Crippen molar-refractivity contribution >= 4 is 30.2 Å². The van der Waals surface area contributed by atoms with Crippen molar-refractivity contribution in [3.63, 3.8) is 0 Å². The predicted molar refractivity (Wildman–Crippen MR) is 122 cm³/mol. The van der Waals surface area contributed by atoms with E-state index in [0.717, 1.165) is 5.56 Å². The largest absolute Gasteiger partial charge is 0.371 e. The van der Waals surface area contributed by atoms with Gasteiger partial charge in [-0.25, -0.2) is 5.43 Å². The molecule has 0 atom stereocenters. The molecule has 0 bridgehead atoms. The number of nitrogens with one attached hydrogen (secondary N) is 1. The highest BCUT2D eigenvalue weighted by Gasteiger charge is 2.35. The number of hydrazone groups is 1. The molecule has 0 radical (unpaired) electrons. The summed E-state index contributed by atoms with van der Waals surface area (Å²) in [5, 5.41) is 4.08. The van der Waals surface area contributed by atoms with Gasteiger partial charge in [-0.1, -0.05) is 49.6 Å². The maximum atomic E-state index is 12.0. The summed E-state index contributed by atoms with van der Waals surface area (Å²) in [5.41, 5.74) is 6.10. The standard InChI is InChI=1S/C24H29N3O.ClH/c28-23(21-7-3-1-4-8-21)26-25-19-20-9-11-22(12-10-20)27-17-15-24(16-18-27)13-5-2-6-14-24;/h1,3-4,7-12,19H,2,5-6,13-18H2,(H,26,28);1H/b25-19+;. The molecule has 0 aromatic heterocycles. The number of hydrogen-bond donors (Lipinski definition) is 1. The number of nitrogens with zero attached hydrogens (tertiary/aromatic N) is 2. The van der Waals surface area contributed by atoms with Crippen LogP contribution in [0, 0.1) is 5.41 Å². The Bertz CT molecular complexity index is 804. The Kier molecular flexibility index (Phi) is 7.32. The highest BCUT2D eigenvalue weighted by molar-refractivity contribution is 5.94. The first-order chi connectivity index (χ1) is 13.7. The van der Waals surface area contributed by atoms with Crippen LogP contribution in [0.2, 0.25) is 0 Å². The van der Waals surface area contributed by atoms with Crippen LogP contribution in [0.1, 0.15) is 60.9 Å². The van der Waals surface area contributed by atoms with Crippen LogP contribution in [-0.2, 0) is 0 Å². The highest BCUT2D eigenvalue weighted by Crippen LogP contribution is 2.45. The number of piperidine rings is 1. The summed E-state index contributed by atoms with van der Waals surface area (Å²) in [6, 6.07) is 17.6. The number of carbonyl (C=O) groups is 1. The van der Waals surface area contributed by atoms with Crippen molar-refractivity contribution in [1.82, 2.24) is 5.43 Å². The average Bonchev–Trinajstić information content (AvgIpc) is 2.76. The third kappa shape index (κ3) is 5.39. The van der Waals surface area contributed by atoms with Gasteiger partial charge in [0.05, 0.1) is 6.21 Å². The average molecular weight is 412 g/mol. The normalized spacial score (nSPS) is 18.4. The van der Waals surface area contributed by atoms with Crippen LogP contribution in [0.5, 0.6) is 0 Å². The fourth-order valence-electron chi connectivity index (χ4n) is 4.63. The summed E-state index contributed by atoms with van der Waals surface area (Å²) in [6.07, 6.45) is 11.5. The summed E-state index contributed by atoms with van der Waals surface area (Å²) in [4.78, 5) is 14.5. The summed E-state index contributed by atoms with van der Waals surface area (Å²) in [5.74, 6) is -0.196. The number of halogens is 1. The van der Waals surface area contributed by atoms with Gasteiger partial charge in [-0.15, -0.1) is 12.4 Å². The Hall–Kier alpha value is -2.33. The Morgan fingerprint density at radius 2 is 1.55 bits per heavy atom. The van der Waals surface area contributed by atoms with E-state index < -0.39 is 0 Å². The first kappa shape index (κ1) is 21.4. The van der Waals surface area contributed by atoms with E-state index in [-0.39, 0.29) is 18.3 Å². The lowest BCUT2D eigenvalue weighted by atomic mass is 9.68. The topological polar surface area (TPSA) is 44.7 Å². The van der Waals surface area contributed by atoms with Gasteiger partial charge < -0.3 is 4.90 Å². The lowest BCUT2D eigenvalue weighted by molar-refractivity contribution is 0.0955. The molecular formula is C24H30ClN3O. The molecule has 1 saturated carbocycles. The highest BCUT2D eigenvalue weighted by atomic mass is 35.5. The maximum absolute atomic E-state index is 12.0. The van der Waals surface area contributed by atoms with Gasteiger partial charge in [0.2, 0.25) is 0 Å². The van der Waals surface area contributed by atoms with E-state index in [4.69, 9.17) is 0 Å². The summed E-state index contributed by atoms with van der Waals surface area (Å²) < 4.78 is 0. The summed E-state index contributed by atoms with van der Waals surface area (Å²) >= 11 is 0. The van der Waals surface area contributed by atoms with Gasteiger partial charge in [0.25, 0.3) is 5.91 Å². The molecular weight excluding hydrogens is 382 g/mol. The molecule has 1 N–H and O–H groups in total. The van der Waals surface area contributed by atoms with Gasteiger partial charge in [-0.2, -0.15) is 5.10 Å². The first-order valence-electron chi connectivity index (χ1n) is 10.5. The molecule has 1 heterocycles. The molecule has 2 aromatic carbocycles. The van der Waals surface area contributed by atoms with Crippen molar-refractivity contribution in [1.29, 1.82) is 0 Å². The number of amides is 1. The van der Waals surface area contributed by atoms with E-state index in [0.29, 0.717) is 11.0 Å². The van der Waals surface area contributed by atoms with Gasteiger partial charge in [0, 0.05) is 24.3 Å². The lowest BCUT2D eigenvalue weighted by Gasteiger charge is -2.45. The number of anilines is 1. The quantitative estimate of drug-likeness (QED) is 0.539. The zero-order valence-electron chi connectivity index (χ0n) is 16.8. The Morgan fingerprint density at radius 1 is 0.897 bits per heavy atom. The number of rotatable bonds is 4. The van der Waals surface area contributed by atoms with Crippen LogP contribution in [0.4, 0.5) is 5.69 Å². The second kappa shape index (κ2) is 9.93. The molecule has 29 heavy (non-hydrogen) atoms. The van der Waals surface area contributed by atoms with Crippen LogP contribution in [0.15, 0.2) is 59.7 Å². The van der Waals surface area contributed by atoms with Crippen LogP contribution < -0.4 is 10.3 Å². The molecule has 0 unspecified atom stereocenters. The van der Waals surface area contributed by atoms with Gasteiger partial charge in [-0.3, -0.25) is 4.79 Å². The van der Waals surface area contributed by atoms with Crippen LogP contribution in [0.3, 0.4) is 0 Å². The smallest absolute Gasteiger partial charge is 0.271 e. The minimum atomic E-state index is -0.196. The van der Waals surface area contributed by atoms with Crippen LogP contribution >= 0.6 is 12.4 Å². The van der Waals surface area contributed by atoms with E-state index >= 15 is 0 Å². The molecule has 4 nitrogen and oxygen atoms in total. The van der Waals surface area contributed by atoms with Gasteiger partial charge in [0.1, 0.15) is 0 Å². The minimum absolute atomic E-state index is 0. The van der Waals surface area contributed by atoms with Crippen molar-refractivity contribution < 1.29 is 4.79 Å². The van der Waals surface area contributed by atoms with Crippen molar-refractivity contribution in [3.05, 3.63) is 65.7 Å². The Labute approximate surface area is 179 Å². The molecule has 1 aliphatic heterocycles. The number of benzene rings is 2. The van der Waals surface area contributed by atoms with E-state index in [1.807, 2.05) is 18.2 Å². The summed E-state index contributed by atoms with van der Waals surface area (Å²) in [7, 11) is 0. The molecule has 2 aliphatic rings. The van der Waals surface area contributed by atoms with Crippen molar-refractivity contribution in [2.75, 3.05) is 18.0 Å². The Morgan fingerprint density at radius 3 is 2.21 bits per heavy atom. The second-order valence-electron chi connectivity index (χ2n) is 8.20. The number of carbonyl (C=O) groups excluding carboxylic acids is 1.